The van der Waals surface area contributed by atoms with Crippen LogP contribution in [0.5, 0.6) is 0 Å². The lowest BCUT2D eigenvalue weighted by Gasteiger charge is -2.24. The number of para-hydroxylation sites is 1. The number of aromatic nitrogens is 3. The fourth-order valence-electron chi connectivity index (χ4n) is 6.49. The summed E-state index contributed by atoms with van der Waals surface area (Å²) in [5.41, 5.74) is 6.92. The van der Waals surface area contributed by atoms with Gasteiger partial charge in [-0.25, -0.2) is 15.0 Å². The van der Waals surface area contributed by atoms with Crippen LogP contribution >= 0.6 is 0 Å². The summed E-state index contributed by atoms with van der Waals surface area (Å²) in [5.74, 6) is 1.98. The maximum atomic E-state index is 6.24. The van der Waals surface area contributed by atoms with Gasteiger partial charge in [0, 0.05) is 32.9 Å². The van der Waals surface area contributed by atoms with Crippen molar-refractivity contribution in [3.63, 3.8) is 0 Å². The third kappa shape index (κ3) is 5.28. The van der Waals surface area contributed by atoms with E-state index in [9.17, 15) is 0 Å². The van der Waals surface area contributed by atoms with Gasteiger partial charge < -0.3 is 4.42 Å². The molecule has 1 aliphatic carbocycles. The molecule has 1 unspecified atom stereocenters. The average Bonchev–Trinajstić information content (AvgIpc) is 3.51. The fourth-order valence-corrected chi connectivity index (χ4v) is 6.49. The zero-order valence-electron chi connectivity index (χ0n) is 26.4. The number of allylic oxidation sites excluding steroid dienone is 8. The van der Waals surface area contributed by atoms with E-state index in [0.717, 1.165) is 67.0 Å². The average molecular weight is 608 g/mol. The Labute approximate surface area is 274 Å². The molecule has 2 aromatic heterocycles. The van der Waals surface area contributed by atoms with E-state index in [0.29, 0.717) is 17.5 Å². The number of fused-ring (bicyclic) bond motifs is 4. The summed E-state index contributed by atoms with van der Waals surface area (Å²) in [6.07, 6.45) is 16.0. The van der Waals surface area contributed by atoms with Crippen molar-refractivity contribution in [3.8, 4) is 33.9 Å². The van der Waals surface area contributed by atoms with Crippen LogP contribution in [0.25, 0.3) is 72.2 Å². The number of rotatable bonds is 6. The normalized spacial score (nSPS) is 16.6. The Morgan fingerprint density at radius 2 is 1.30 bits per heavy atom. The summed E-state index contributed by atoms with van der Waals surface area (Å²) in [6.45, 7) is 4.27. The molecular formula is C43H33N3O. The molecule has 8 rings (SSSR count). The van der Waals surface area contributed by atoms with Crippen molar-refractivity contribution >= 4 is 38.3 Å². The van der Waals surface area contributed by atoms with Crippen molar-refractivity contribution in [3.05, 3.63) is 158 Å². The van der Waals surface area contributed by atoms with Crippen molar-refractivity contribution in [1.82, 2.24) is 15.0 Å². The highest BCUT2D eigenvalue weighted by molar-refractivity contribution is 6.16. The van der Waals surface area contributed by atoms with Gasteiger partial charge in [0.05, 0.1) is 0 Å². The Bertz CT molecular complexity index is 2410. The molecule has 7 aromatic rings. The molecular weight excluding hydrogens is 574 g/mol. The summed E-state index contributed by atoms with van der Waals surface area (Å²) in [7, 11) is 0. The van der Waals surface area contributed by atoms with Crippen LogP contribution in [-0.4, -0.2) is 15.0 Å². The van der Waals surface area contributed by atoms with Crippen LogP contribution in [0.2, 0.25) is 0 Å². The number of hydrogen-bond donors (Lipinski definition) is 0. The lowest BCUT2D eigenvalue weighted by Crippen LogP contribution is -2.12. The first-order valence-electron chi connectivity index (χ1n) is 16.0. The zero-order valence-corrected chi connectivity index (χ0v) is 26.4. The topological polar surface area (TPSA) is 51.8 Å². The number of furan rings is 1. The number of nitrogens with zero attached hydrogens (tertiary/aromatic N) is 3. The smallest absolute Gasteiger partial charge is 0.164 e. The summed E-state index contributed by atoms with van der Waals surface area (Å²) in [4.78, 5) is 15.2. The molecule has 2 heterocycles. The molecule has 4 heteroatoms. The molecule has 0 fully saturated rings. The van der Waals surface area contributed by atoms with Crippen LogP contribution in [0.1, 0.15) is 26.1 Å². The van der Waals surface area contributed by atoms with Crippen LogP contribution in [0.15, 0.2) is 156 Å². The van der Waals surface area contributed by atoms with Gasteiger partial charge in [-0.05, 0) is 53.4 Å². The highest BCUT2D eigenvalue weighted by Crippen LogP contribution is 2.41. The second-order valence-electron chi connectivity index (χ2n) is 12.2. The Kier molecular flexibility index (Phi) is 7.18. The molecule has 0 N–H and O–H groups in total. The van der Waals surface area contributed by atoms with Crippen molar-refractivity contribution in [2.45, 2.75) is 20.3 Å². The van der Waals surface area contributed by atoms with Crippen molar-refractivity contribution in [1.29, 1.82) is 0 Å². The highest BCUT2D eigenvalue weighted by atomic mass is 16.3. The lowest BCUT2D eigenvalue weighted by atomic mass is 9.81. The highest BCUT2D eigenvalue weighted by Gasteiger charge is 2.22. The maximum absolute atomic E-state index is 6.24. The van der Waals surface area contributed by atoms with Crippen molar-refractivity contribution in [2.24, 2.45) is 5.41 Å². The van der Waals surface area contributed by atoms with E-state index in [1.54, 1.807) is 0 Å². The Balaban J connectivity index is 1.29. The molecule has 0 aliphatic heterocycles. The van der Waals surface area contributed by atoms with Crippen LogP contribution in [0, 0.1) is 5.41 Å². The molecule has 47 heavy (non-hydrogen) atoms. The van der Waals surface area contributed by atoms with Gasteiger partial charge in [0.1, 0.15) is 11.2 Å². The first-order valence-corrected chi connectivity index (χ1v) is 16.0. The Morgan fingerprint density at radius 3 is 2.09 bits per heavy atom. The molecule has 0 bridgehead atoms. The van der Waals surface area contributed by atoms with Crippen LogP contribution in [0.4, 0.5) is 0 Å². The van der Waals surface area contributed by atoms with Crippen molar-refractivity contribution in [2.75, 3.05) is 0 Å². The third-order valence-electron chi connectivity index (χ3n) is 8.97. The largest absolute Gasteiger partial charge is 0.456 e. The van der Waals surface area contributed by atoms with Gasteiger partial charge in [-0.3, -0.25) is 0 Å². The Morgan fingerprint density at radius 1 is 0.617 bits per heavy atom. The molecule has 0 spiro atoms. The van der Waals surface area contributed by atoms with E-state index in [1.165, 1.54) is 0 Å². The molecule has 0 radical (unpaired) electrons. The standard InChI is InChI=1S/C43H33N3O/c1-3-4-12-26-43(2)27-24-30(25-28-43)41-44-40(29-14-6-5-7-15-29)45-42(46-41)35-23-22-33(31-16-8-9-17-32(31)35)34-19-13-21-38-39(34)36-18-10-11-20-37(36)47-38/h3-27H,28H2,1-2H3/b4-3-,26-12-. The summed E-state index contributed by atoms with van der Waals surface area (Å²) in [6, 6.07) is 37.6. The minimum atomic E-state index is -0.0592. The predicted octanol–water partition coefficient (Wildman–Crippen LogP) is 11.4. The van der Waals surface area contributed by atoms with Crippen molar-refractivity contribution < 1.29 is 4.42 Å². The van der Waals surface area contributed by atoms with Gasteiger partial charge in [-0.1, -0.05) is 140 Å². The van der Waals surface area contributed by atoms with Gasteiger partial charge in [-0.2, -0.15) is 0 Å². The minimum Gasteiger partial charge on any atom is -0.456 e. The van der Waals surface area contributed by atoms with E-state index >= 15 is 0 Å². The molecule has 1 atom stereocenters. The third-order valence-corrected chi connectivity index (χ3v) is 8.97. The van der Waals surface area contributed by atoms with E-state index in [2.05, 4.69) is 104 Å². The predicted molar refractivity (Wildman–Crippen MR) is 195 cm³/mol. The SMILES string of the molecule is C/C=C\C=C/C1(C)C=CC(c2nc(-c3ccccc3)nc(-c3ccc(-c4cccc5oc6ccccc6c45)c4ccccc34)n2)=CC1. The minimum absolute atomic E-state index is 0.0592. The molecule has 0 saturated heterocycles. The molecule has 4 nitrogen and oxygen atoms in total. The van der Waals surface area contributed by atoms with Gasteiger partial charge in [0.2, 0.25) is 0 Å². The maximum Gasteiger partial charge on any atom is 0.164 e. The molecule has 0 saturated carbocycles. The van der Waals surface area contributed by atoms with E-state index in [4.69, 9.17) is 19.4 Å². The number of hydrogen-bond acceptors (Lipinski definition) is 4. The summed E-state index contributed by atoms with van der Waals surface area (Å²) >= 11 is 0. The van der Waals surface area contributed by atoms with Crippen LogP contribution < -0.4 is 0 Å². The first-order chi connectivity index (χ1) is 23.1. The fraction of sp³-hybridized carbons (Fsp3) is 0.0930. The van der Waals surface area contributed by atoms with Crippen LogP contribution in [0.3, 0.4) is 0 Å². The second-order valence-corrected chi connectivity index (χ2v) is 12.2. The number of benzene rings is 5. The molecule has 5 aromatic carbocycles. The quantitative estimate of drug-likeness (QED) is 0.177. The van der Waals surface area contributed by atoms with Gasteiger partial charge in [0.25, 0.3) is 0 Å². The van der Waals surface area contributed by atoms with Gasteiger partial charge in [0.15, 0.2) is 17.5 Å². The van der Waals surface area contributed by atoms with Gasteiger partial charge in [-0.15, -0.1) is 0 Å². The zero-order chi connectivity index (χ0) is 31.8. The summed E-state index contributed by atoms with van der Waals surface area (Å²) < 4.78 is 6.24. The van der Waals surface area contributed by atoms with E-state index in [-0.39, 0.29) is 5.41 Å². The molecule has 0 amide bonds. The first kappa shape index (κ1) is 28.6. The van der Waals surface area contributed by atoms with E-state index in [1.807, 2.05) is 61.5 Å². The van der Waals surface area contributed by atoms with Gasteiger partial charge >= 0.3 is 0 Å². The lowest BCUT2D eigenvalue weighted by molar-refractivity contribution is 0.558. The summed E-state index contributed by atoms with van der Waals surface area (Å²) in [5, 5.41) is 4.45. The van der Waals surface area contributed by atoms with Crippen LogP contribution in [-0.2, 0) is 0 Å². The Hall–Kier alpha value is -5.87. The second kappa shape index (κ2) is 11.8. The molecule has 1 aliphatic rings. The molecule has 226 valence electrons. The van der Waals surface area contributed by atoms with E-state index < -0.39 is 0 Å². The monoisotopic (exact) mass is 607 g/mol.